The summed E-state index contributed by atoms with van der Waals surface area (Å²) < 4.78 is 6.01. The monoisotopic (exact) mass is 373 g/mol. The van der Waals surface area contributed by atoms with Gasteiger partial charge in [-0.1, -0.05) is 12.1 Å². The third kappa shape index (κ3) is 3.41. The smallest absolute Gasteiger partial charge is 0.133 e. The van der Waals surface area contributed by atoms with Gasteiger partial charge < -0.3 is 15.2 Å². The van der Waals surface area contributed by atoms with Crippen LogP contribution in [0.15, 0.2) is 23.1 Å². The lowest BCUT2D eigenvalue weighted by Gasteiger charge is -2.54. The van der Waals surface area contributed by atoms with Crippen LogP contribution in [0, 0.1) is 23.7 Å². The molecule has 4 fully saturated rings. The van der Waals surface area contributed by atoms with Crippen molar-refractivity contribution in [3.8, 4) is 5.75 Å². The molecule has 0 amide bonds. The van der Waals surface area contributed by atoms with E-state index in [0.29, 0.717) is 19.2 Å². The zero-order chi connectivity index (χ0) is 17.5. The van der Waals surface area contributed by atoms with Gasteiger partial charge in [0.15, 0.2) is 0 Å². The molecular weight excluding hydrogens is 342 g/mol. The summed E-state index contributed by atoms with van der Waals surface area (Å²) >= 11 is 1.90. The zero-order valence-corrected chi connectivity index (χ0v) is 16.3. The Morgan fingerprint density at radius 3 is 2.65 bits per heavy atom. The summed E-state index contributed by atoms with van der Waals surface area (Å²) in [4.78, 5) is 1.29. The first kappa shape index (κ1) is 17.4. The molecule has 4 aliphatic carbocycles. The minimum atomic E-state index is -0.434. The summed E-state index contributed by atoms with van der Waals surface area (Å²) in [6.07, 6.45) is 9.15. The maximum Gasteiger partial charge on any atom is 0.133 e. The fourth-order valence-electron chi connectivity index (χ4n) is 6.25. The number of fused-ring (bicyclic) bond motifs is 1. The van der Waals surface area contributed by atoms with Gasteiger partial charge in [-0.2, -0.15) is 0 Å². The van der Waals surface area contributed by atoms with E-state index in [1.165, 1.54) is 54.7 Å². The predicted molar refractivity (Wildman–Crippen MR) is 106 cm³/mol. The molecule has 0 aromatic heterocycles. The van der Waals surface area contributed by atoms with Crippen molar-refractivity contribution in [1.82, 2.24) is 5.32 Å². The van der Waals surface area contributed by atoms with Crippen molar-refractivity contribution in [1.29, 1.82) is 0 Å². The fraction of sp³-hybridized carbons (Fsp3) is 0.727. The Kier molecular flexibility index (Phi) is 4.93. The Morgan fingerprint density at radius 1 is 1.12 bits per heavy atom. The highest BCUT2D eigenvalue weighted by Gasteiger charge is 2.47. The normalized spacial score (nSPS) is 36.0. The van der Waals surface area contributed by atoms with E-state index in [2.05, 4.69) is 23.5 Å². The van der Waals surface area contributed by atoms with Crippen LogP contribution in [0.25, 0.3) is 0 Å². The Labute approximate surface area is 161 Å². The summed E-state index contributed by atoms with van der Waals surface area (Å²) in [7, 11) is 0. The highest BCUT2D eigenvalue weighted by atomic mass is 32.2. The lowest BCUT2D eigenvalue weighted by atomic mass is 9.54. The molecule has 26 heavy (non-hydrogen) atoms. The van der Waals surface area contributed by atoms with Gasteiger partial charge in [0.1, 0.15) is 18.5 Å². The lowest BCUT2D eigenvalue weighted by molar-refractivity contribution is -0.0189. The summed E-state index contributed by atoms with van der Waals surface area (Å²) in [5.41, 5.74) is 1.40. The molecule has 1 aliphatic heterocycles. The molecule has 0 radical (unpaired) electrons. The second-order valence-electron chi connectivity index (χ2n) is 9.03. The molecule has 0 saturated heterocycles. The van der Waals surface area contributed by atoms with Gasteiger partial charge in [-0.15, -0.1) is 11.8 Å². The van der Waals surface area contributed by atoms with Crippen molar-refractivity contribution in [2.75, 3.05) is 18.9 Å². The zero-order valence-electron chi connectivity index (χ0n) is 15.5. The van der Waals surface area contributed by atoms with Gasteiger partial charge in [-0.05, 0) is 86.0 Å². The third-order valence-electron chi connectivity index (χ3n) is 7.14. The summed E-state index contributed by atoms with van der Waals surface area (Å²) in [5, 5.41) is 14.2. The first-order chi connectivity index (χ1) is 12.8. The number of aliphatic hydroxyl groups is 1. The van der Waals surface area contributed by atoms with Crippen molar-refractivity contribution in [3.63, 3.8) is 0 Å². The number of aliphatic hydroxyl groups excluding tert-OH is 1. The molecule has 4 bridgehead atoms. The van der Waals surface area contributed by atoms with Crippen LogP contribution < -0.4 is 10.1 Å². The molecule has 142 valence electrons. The molecule has 1 aromatic carbocycles. The van der Waals surface area contributed by atoms with Crippen molar-refractivity contribution in [2.45, 2.75) is 62.0 Å². The molecule has 5 aliphatic rings. The topological polar surface area (TPSA) is 41.5 Å². The molecule has 1 aromatic rings. The van der Waals surface area contributed by atoms with Crippen molar-refractivity contribution < 1.29 is 9.84 Å². The molecule has 3 nitrogen and oxygen atoms in total. The standard InChI is InChI=1S/C22H31NO2S/c24-19(13-25-20-5-1-3-16-4-2-6-26-22(16)20)12-23-21-17-8-14-7-15(10-17)11-18(21)9-14/h1,3,5,14-15,17-19,21,23-24H,2,4,6-13H2. The maximum absolute atomic E-state index is 10.5. The van der Waals surface area contributed by atoms with Gasteiger partial charge in [0.05, 0.1) is 4.90 Å². The number of rotatable bonds is 6. The van der Waals surface area contributed by atoms with E-state index in [-0.39, 0.29) is 0 Å². The van der Waals surface area contributed by atoms with Crippen LogP contribution in [-0.4, -0.2) is 36.2 Å². The Morgan fingerprint density at radius 2 is 1.88 bits per heavy atom. The van der Waals surface area contributed by atoms with Crippen LogP contribution in [0.1, 0.15) is 44.1 Å². The van der Waals surface area contributed by atoms with E-state index in [9.17, 15) is 5.11 Å². The Hall–Kier alpha value is -0.710. The van der Waals surface area contributed by atoms with Gasteiger partial charge in [0.2, 0.25) is 0 Å². The van der Waals surface area contributed by atoms with E-state index in [4.69, 9.17) is 4.74 Å². The first-order valence-electron chi connectivity index (χ1n) is 10.5. The largest absolute Gasteiger partial charge is 0.490 e. The van der Waals surface area contributed by atoms with E-state index in [1.54, 1.807) is 0 Å². The quantitative estimate of drug-likeness (QED) is 0.794. The van der Waals surface area contributed by atoms with E-state index >= 15 is 0 Å². The molecule has 4 saturated carbocycles. The minimum Gasteiger partial charge on any atom is -0.490 e. The van der Waals surface area contributed by atoms with Crippen LogP contribution in [0.4, 0.5) is 0 Å². The highest BCUT2D eigenvalue weighted by molar-refractivity contribution is 7.99. The van der Waals surface area contributed by atoms with Crippen molar-refractivity contribution in [3.05, 3.63) is 23.8 Å². The SMILES string of the molecule is OC(CNC1C2CC3CC(C2)CC1C3)COc1cccc2c1SCCC2. The van der Waals surface area contributed by atoms with Gasteiger partial charge in [-0.25, -0.2) is 0 Å². The van der Waals surface area contributed by atoms with Crippen molar-refractivity contribution >= 4 is 11.8 Å². The summed E-state index contributed by atoms with van der Waals surface area (Å²) in [6.45, 7) is 1.05. The second kappa shape index (κ2) is 7.37. The van der Waals surface area contributed by atoms with E-state index in [0.717, 1.165) is 35.8 Å². The summed E-state index contributed by atoms with van der Waals surface area (Å²) in [5.74, 6) is 5.86. The molecule has 1 atom stereocenters. The number of ether oxygens (including phenoxy) is 1. The number of nitrogens with one attached hydrogen (secondary N) is 1. The molecule has 1 unspecified atom stereocenters. The van der Waals surface area contributed by atoms with Crippen LogP contribution in [0.3, 0.4) is 0 Å². The molecule has 4 heteroatoms. The molecule has 1 heterocycles. The van der Waals surface area contributed by atoms with Crippen molar-refractivity contribution in [2.24, 2.45) is 23.7 Å². The van der Waals surface area contributed by atoms with Crippen LogP contribution in [0.5, 0.6) is 5.75 Å². The average molecular weight is 374 g/mol. The molecule has 0 spiro atoms. The average Bonchev–Trinajstić information content (AvgIpc) is 2.65. The highest BCUT2D eigenvalue weighted by Crippen LogP contribution is 2.53. The van der Waals surface area contributed by atoms with Gasteiger partial charge in [-0.3, -0.25) is 0 Å². The lowest BCUT2D eigenvalue weighted by Crippen LogP contribution is -2.55. The number of hydrogen-bond acceptors (Lipinski definition) is 4. The van der Waals surface area contributed by atoms with E-state index < -0.39 is 6.10 Å². The van der Waals surface area contributed by atoms with Crippen LogP contribution in [-0.2, 0) is 6.42 Å². The van der Waals surface area contributed by atoms with Crippen LogP contribution >= 0.6 is 11.8 Å². The Balaban J connectivity index is 1.13. The van der Waals surface area contributed by atoms with E-state index in [1.807, 2.05) is 11.8 Å². The first-order valence-corrected chi connectivity index (χ1v) is 11.5. The molecular formula is C22H31NO2S. The Bertz CT molecular complexity index is 621. The summed E-state index contributed by atoms with van der Waals surface area (Å²) in [6, 6.07) is 6.98. The number of hydrogen-bond donors (Lipinski definition) is 2. The maximum atomic E-state index is 10.5. The number of thioether (sulfide) groups is 1. The predicted octanol–water partition coefficient (Wildman–Crippen LogP) is 3.88. The van der Waals surface area contributed by atoms with Gasteiger partial charge in [0.25, 0.3) is 0 Å². The van der Waals surface area contributed by atoms with Gasteiger partial charge >= 0.3 is 0 Å². The number of benzene rings is 1. The molecule has 6 rings (SSSR count). The number of aryl methyl sites for hydroxylation is 1. The second-order valence-corrected chi connectivity index (χ2v) is 10.1. The van der Waals surface area contributed by atoms with Gasteiger partial charge in [0, 0.05) is 12.6 Å². The molecule has 2 N–H and O–H groups in total. The minimum absolute atomic E-state index is 0.386. The third-order valence-corrected chi connectivity index (χ3v) is 8.39. The van der Waals surface area contributed by atoms with Crippen LogP contribution in [0.2, 0.25) is 0 Å². The fourth-order valence-corrected chi connectivity index (χ4v) is 7.37.